The Bertz CT molecular complexity index is 458. The zero-order valence-electron chi connectivity index (χ0n) is 13.6. The van der Waals surface area contributed by atoms with Gasteiger partial charge in [-0.05, 0) is 33.1 Å². The van der Waals surface area contributed by atoms with E-state index in [0.29, 0.717) is 19.0 Å². The summed E-state index contributed by atoms with van der Waals surface area (Å²) in [4.78, 5) is 12.1. The topological polar surface area (TPSA) is 85.8 Å². The Morgan fingerprint density at radius 3 is 2.48 bits per heavy atom. The van der Waals surface area contributed by atoms with Crippen molar-refractivity contribution in [1.82, 2.24) is 20.1 Å². The maximum absolute atomic E-state index is 12.1. The molecule has 0 spiro atoms. The van der Waals surface area contributed by atoms with Gasteiger partial charge in [0, 0.05) is 12.6 Å². The molecular weight excluding hydrogens is 286 g/mol. The zero-order valence-corrected chi connectivity index (χ0v) is 14.4. The number of nitrogens with one attached hydrogen (secondary N) is 1. The minimum atomic E-state index is -0.204. The number of carbonyl (C=O) groups is 1. The molecule has 0 aromatic carbocycles. The van der Waals surface area contributed by atoms with Crippen LogP contribution in [0.3, 0.4) is 0 Å². The molecule has 1 unspecified atom stereocenters. The summed E-state index contributed by atoms with van der Waals surface area (Å²) in [5, 5.41) is 11.7. The van der Waals surface area contributed by atoms with Crippen LogP contribution < -0.4 is 11.1 Å². The first-order valence-electron chi connectivity index (χ1n) is 7.45. The van der Waals surface area contributed by atoms with E-state index in [2.05, 4.69) is 43.2 Å². The molecule has 120 valence electrons. The van der Waals surface area contributed by atoms with Crippen molar-refractivity contribution in [3.05, 3.63) is 5.82 Å². The van der Waals surface area contributed by atoms with Gasteiger partial charge in [0.05, 0.1) is 11.8 Å². The highest BCUT2D eigenvalue weighted by Crippen LogP contribution is 2.25. The van der Waals surface area contributed by atoms with Crippen LogP contribution in [0.15, 0.2) is 5.16 Å². The van der Waals surface area contributed by atoms with Crippen LogP contribution in [0.5, 0.6) is 0 Å². The molecule has 21 heavy (non-hydrogen) atoms. The van der Waals surface area contributed by atoms with Crippen LogP contribution in [0, 0.1) is 5.92 Å². The van der Waals surface area contributed by atoms with E-state index < -0.39 is 0 Å². The van der Waals surface area contributed by atoms with Crippen molar-refractivity contribution in [3.8, 4) is 0 Å². The SMILES string of the molecule is CC(C)CCNC(=O)C(C)Sc1nnc(CN)n1C(C)C. The van der Waals surface area contributed by atoms with E-state index in [0.717, 1.165) is 17.4 Å². The highest BCUT2D eigenvalue weighted by molar-refractivity contribution is 8.00. The third-order valence-electron chi connectivity index (χ3n) is 3.11. The monoisotopic (exact) mass is 313 g/mol. The Hall–Kier alpha value is -1.08. The lowest BCUT2D eigenvalue weighted by atomic mass is 10.1. The van der Waals surface area contributed by atoms with Crippen LogP contribution in [0.2, 0.25) is 0 Å². The highest BCUT2D eigenvalue weighted by Gasteiger charge is 2.20. The Morgan fingerprint density at radius 1 is 1.29 bits per heavy atom. The molecule has 0 aliphatic carbocycles. The van der Waals surface area contributed by atoms with Crippen molar-refractivity contribution in [2.24, 2.45) is 11.7 Å². The number of thioether (sulfide) groups is 1. The van der Waals surface area contributed by atoms with Crippen LogP contribution in [-0.2, 0) is 11.3 Å². The van der Waals surface area contributed by atoms with Gasteiger partial charge in [-0.1, -0.05) is 25.6 Å². The first kappa shape index (κ1) is 18.0. The van der Waals surface area contributed by atoms with Crippen molar-refractivity contribution >= 4 is 17.7 Å². The van der Waals surface area contributed by atoms with Crippen molar-refractivity contribution < 1.29 is 4.79 Å². The second-order valence-electron chi connectivity index (χ2n) is 5.80. The highest BCUT2D eigenvalue weighted by atomic mass is 32.2. The minimum absolute atomic E-state index is 0.0354. The van der Waals surface area contributed by atoms with Gasteiger partial charge in [0.2, 0.25) is 5.91 Å². The summed E-state index contributed by atoms with van der Waals surface area (Å²) >= 11 is 1.42. The first-order valence-corrected chi connectivity index (χ1v) is 8.33. The summed E-state index contributed by atoms with van der Waals surface area (Å²) in [6, 6.07) is 0.220. The summed E-state index contributed by atoms with van der Waals surface area (Å²) in [5.74, 6) is 1.37. The van der Waals surface area contributed by atoms with Gasteiger partial charge < -0.3 is 15.6 Å². The molecule has 1 atom stereocenters. The van der Waals surface area contributed by atoms with Crippen LogP contribution in [0.25, 0.3) is 0 Å². The van der Waals surface area contributed by atoms with Gasteiger partial charge >= 0.3 is 0 Å². The Morgan fingerprint density at radius 2 is 1.95 bits per heavy atom. The van der Waals surface area contributed by atoms with Crippen molar-refractivity contribution in [2.75, 3.05) is 6.54 Å². The molecule has 0 aliphatic rings. The lowest BCUT2D eigenvalue weighted by Gasteiger charge is -2.16. The summed E-state index contributed by atoms with van der Waals surface area (Å²) in [6.45, 7) is 11.3. The third kappa shape index (κ3) is 5.32. The molecule has 1 heterocycles. The molecule has 0 bridgehead atoms. The van der Waals surface area contributed by atoms with Gasteiger partial charge in [-0.2, -0.15) is 0 Å². The summed E-state index contributed by atoms with van der Waals surface area (Å²) in [7, 11) is 0. The molecule has 6 nitrogen and oxygen atoms in total. The van der Waals surface area contributed by atoms with E-state index in [1.165, 1.54) is 11.8 Å². The molecule has 7 heteroatoms. The number of amides is 1. The molecule has 0 radical (unpaired) electrons. The molecule has 0 saturated carbocycles. The lowest BCUT2D eigenvalue weighted by molar-refractivity contribution is -0.120. The van der Waals surface area contributed by atoms with Gasteiger partial charge in [0.25, 0.3) is 0 Å². The molecule has 0 fully saturated rings. The molecule has 0 saturated heterocycles. The number of nitrogens with two attached hydrogens (primary N) is 1. The maximum atomic E-state index is 12.1. The fourth-order valence-electron chi connectivity index (χ4n) is 1.89. The third-order valence-corrected chi connectivity index (χ3v) is 4.16. The number of carbonyl (C=O) groups excluding carboxylic acids is 1. The molecule has 0 aliphatic heterocycles. The normalized spacial score (nSPS) is 13.0. The van der Waals surface area contributed by atoms with Gasteiger partial charge in [-0.15, -0.1) is 10.2 Å². The standard InChI is InChI=1S/C14H27N5OS/c1-9(2)6-7-16-13(20)11(5)21-14-18-17-12(8-15)19(14)10(3)4/h9-11H,6-8,15H2,1-5H3,(H,16,20). The zero-order chi connectivity index (χ0) is 16.0. The Balaban J connectivity index is 2.64. The van der Waals surface area contributed by atoms with Crippen LogP contribution in [0.1, 0.15) is 52.9 Å². The van der Waals surface area contributed by atoms with E-state index in [1.807, 2.05) is 11.5 Å². The van der Waals surface area contributed by atoms with E-state index >= 15 is 0 Å². The van der Waals surface area contributed by atoms with Crippen LogP contribution in [0.4, 0.5) is 0 Å². The minimum Gasteiger partial charge on any atom is -0.355 e. The first-order chi connectivity index (χ1) is 9.86. The number of nitrogens with zero attached hydrogens (tertiary/aromatic N) is 3. The number of rotatable bonds is 8. The quantitative estimate of drug-likeness (QED) is 0.717. The van der Waals surface area contributed by atoms with Crippen LogP contribution >= 0.6 is 11.8 Å². The number of hydrogen-bond acceptors (Lipinski definition) is 5. The van der Waals surface area contributed by atoms with E-state index in [4.69, 9.17) is 5.73 Å². The van der Waals surface area contributed by atoms with E-state index in [9.17, 15) is 4.79 Å². The molecule has 1 aromatic rings. The second-order valence-corrected chi connectivity index (χ2v) is 7.11. The smallest absolute Gasteiger partial charge is 0.233 e. The fraction of sp³-hybridized carbons (Fsp3) is 0.786. The molecule has 1 amide bonds. The number of aromatic nitrogens is 3. The lowest BCUT2D eigenvalue weighted by Crippen LogP contribution is -2.32. The predicted octanol–water partition coefficient (Wildman–Crippen LogP) is 1.96. The summed E-state index contributed by atoms with van der Waals surface area (Å²) in [5.41, 5.74) is 5.67. The second kappa shape index (κ2) is 8.38. The van der Waals surface area contributed by atoms with Gasteiger partial charge in [0.1, 0.15) is 5.82 Å². The summed E-state index contributed by atoms with van der Waals surface area (Å²) < 4.78 is 1.99. The maximum Gasteiger partial charge on any atom is 0.233 e. The van der Waals surface area contributed by atoms with E-state index in [1.54, 1.807) is 0 Å². The van der Waals surface area contributed by atoms with Crippen molar-refractivity contribution in [1.29, 1.82) is 0 Å². The van der Waals surface area contributed by atoms with Crippen molar-refractivity contribution in [3.63, 3.8) is 0 Å². The largest absolute Gasteiger partial charge is 0.355 e. The molecule has 3 N–H and O–H groups in total. The molecule has 1 aromatic heterocycles. The van der Waals surface area contributed by atoms with Gasteiger partial charge in [0.15, 0.2) is 5.16 Å². The average Bonchev–Trinajstić information content (AvgIpc) is 2.80. The van der Waals surface area contributed by atoms with Gasteiger partial charge in [-0.25, -0.2) is 0 Å². The Labute approximate surface area is 131 Å². The molecular formula is C14H27N5OS. The fourth-order valence-corrected chi connectivity index (χ4v) is 2.91. The number of hydrogen-bond donors (Lipinski definition) is 2. The van der Waals surface area contributed by atoms with E-state index in [-0.39, 0.29) is 17.2 Å². The predicted molar refractivity (Wildman–Crippen MR) is 86.1 cm³/mol. The van der Waals surface area contributed by atoms with Gasteiger partial charge in [-0.3, -0.25) is 4.79 Å². The average molecular weight is 313 g/mol. The Kier molecular flexibility index (Phi) is 7.17. The van der Waals surface area contributed by atoms with Crippen molar-refractivity contribution in [2.45, 2.75) is 64.0 Å². The summed E-state index contributed by atoms with van der Waals surface area (Å²) in [6.07, 6.45) is 0.989. The molecule has 1 rings (SSSR count). The van der Waals surface area contributed by atoms with Crippen LogP contribution in [-0.4, -0.2) is 32.5 Å².